The van der Waals surface area contributed by atoms with Crippen molar-refractivity contribution in [3.05, 3.63) is 22.7 Å². The second kappa shape index (κ2) is 4.99. The van der Waals surface area contributed by atoms with Crippen molar-refractivity contribution in [3.8, 4) is 5.75 Å². The topological polar surface area (TPSA) is 22.1 Å². The number of rotatable bonds is 2. The van der Waals surface area contributed by atoms with Crippen LogP contribution < -0.4 is 4.74 Å². The van der Waals surface area contributed by atoms with Gasteiger partial charge in [-0.05, 0) is 23.1 Å². The fourth-order valence-electron chi connectivity index (χ4n) is 1.92. The second-order valence-corrected chi connectivity index (χ2v) is 8.12. The van der Waals surface area contributed by atoms with Crippen LogP contribution in [-0.4, -0.2) is 11.8 Å². The molecule has 0 saturated heterocycles. The number of ether oxygens (including phenoxy) is 1. The van der Waals surface area contributed by atoms with Crippen LogP contribution in [0.1, 0.15) is 52.1 Å². The molecule has 0 bridgehead atoms. The molecule has 0 spiro atoms. The number of fused-ring (bicyclic) bond motifs is 1. The minimum atomic E-state index is -0.828. The van der Waals surface area contributed by atoms with Gasteiger partial charge in [0.15, 0.2) is 0 Å². The minimum Gasteiger partial charge on any atom is -0.461 e. The van der Waals surface area contributed by atoms with Crippen molar-refractivity contribution >= 4 is 21.6 Å². The predicted molar refractivity (Wildman–Crippen MR) is 83.6 cm³/mol. The van der Waals surface area contributed by atoms with Crippen LogP contribution in [0.15, 0.2) is 12.1 Å². The zero-order valence-electron chi connectivity index (χ0n) is 13.0. The summed E-state index contributed by atoms with van der Waals surface area (Å²) in [6.07, 6.45) is 0. The molecule has 1 heterocycles. The van der Waals surface area contributed by atoms with Crippen molar-refractivity contribution in [1.29, 1.82) is 0 Å². The molecule has 0 atom stereocenters. The van der Waals surface area contributed by atoms with Crippen molar-refractivity contribution in [2.45, 2.75) is 52.4 Å². The predicted octanol–water partition coefficient (Wildman–Crippen LogP) is 5.20. The third kappa shape index (κ3) is 2.95. The summed E-state index contributed by atoms with van der Waals surface area (Å²) < 4.78 is 18.8. The molecule has 0 N–H and O–H groups in total. The molecule has 0 fully saturated rings. The lowest BCUT2D eigenvalue weighted by atomic mass is 9.87. The first-order valence-electron chi connectivity index (χ1n) is 6.77. The molecule has 0 unspecified atom stereocenters. The van der Waals surface area contributed by atoms with Gasteiger partial charge in [-0.2, -0.15) is 0 Å². The number of alkyl halides is 1. The van der Waals surface area contributed by atoms with E-state index in [9.17, 15) is 4.39 Å². The Hall–Kier alpha value is -1.16. The van der Waals surface area contributed by atoms with Gasteiger partial charge in [0.1, 0.15) is 11.3 Å². The standard InChI is InChI=1S/C16H22FNOS/c1-15(2,3)10-7-11(19-9-17)13-12(8-10)20-14(18-13)16(4,5)6/h7-8H,9H2,1-6H3. The molecule has 0 aliphatic heterocycles. The van der Waals surface area contributed by atoms with E-state index >= 15 is 0 Å². The van der Waals surface area contributed by atoms with Crippen LogP contribution in [-0.2, 0) is 10.8 Å². The van der Waals surface area contributed by atoms with Gasteiger partial charge in [0.25, 0.3) is 0 Å². The minimum absolute atomic E-state index is 0.00546. The normalized spacial score (nSPS) is 12.9. The van der Waals surface area contributed by atoms with Crippen molar-refractivity contribution < 1.29 is 9.13 Å². The van der Waals surface area contributed by atoms with E-state index < -0.39 is 6.86 Å². The first kappa shape index (κ1) is 15.2. The zero-order chi connectivity index (χ0) is 15.1. The average molecular weight is 295 g/mol. The second-order valence-electron chi connectivity index (χ2n) is 7.09. The summed E-state index contributed by atoms with van der Waals surface area (Å²) in [6.45, 7) is 12.0. The first-order chi connectivity index (χ1) is 9.13. The van der Waals surface area contributed by atoms with E-state index in [2.05, 4.69) is 52.6 Å². The molecule has 0 aliphatic rings. The monoisotopic (exact) mass is 295 g/mol. The zero-order valence-corrected chi connectivity index (χ0v) is 13.8. The molecule has 0 amide bonds. The van der Waals surface area contributed by atoms with Crippen molar-refractivity contribution in [1.82, 2.24) is 4.98 Å². The Morgan fingerprint density at radius 1 is 1.10 bits per heavy atom. The summed E-state index contributed by atoms with van der Waals surface area (Å²) in [7, 11) is 0. The van der Waals surface area contributed by atoms with Gasteiger partial charge in [-0.15, -0.1) is 11.3 Å². The highest BCUT2D eigenvalue weighted by Gasteiger charge is 2.23. The Balaban J connectivity index is 2.68. The van der Waals surface area contributed by atoms with Gasteiger partial charge in [0.05, 0.1) is 9.71 Å². The Morgan fingerprint density at radius 3 is 2.25 bits per heavy atom. The van der Waals surface area contributed by atoms with Crippen molar-refractivity contribution in [2.24, 2.45) is 0 Å². The Kier molecular flexibility index (Phi) is 3.80. The van der Waals surface area contributed by atoms with Crippen LogP contribution in [0.2, 0.25) is 0 Å². The van der Waals surface area contributed by atoms with E-state index in [1.54, 1.807) is 11.3 Å². The Morgan fingerprint density at radius 2 is 1.75 bits per heavy atom. The molecule has 4 heteroatoms. The molecule has 0 aliphatic carbocycles. The third-order valence-electron chi connectivity index (χ3n) is 3.18. The van der Waals surface area contributed by atoms with Crippen LogP contribution in [0.25, 0.3) is 10.2 Å². The molecule has 0 radical (unpaired) electrons. The fraction of sp³-hybridized carbons (Fsp3) is 0.562. The lowest BCUT2D eigenvalue weighted by Crippen LogP contribution is -2.11. The van der Waals surface area contributed by atoms with Gasteiger partial charge >= 0.3 is 0 Å². The van der Waals surface area contributed by atoms with E-state index in [1.807, 2.05) is 6.07 Å². The molecule has 20 heavy (non-hydrogen) atoms. The van der Waals surface area contributed by atoms with E-state index in [4.69, 9.17) is 4.74 Å². The van der Waals surface area contributed by atoms with E-state index in [1.165, 1.54) is 0 Å². The number of aromatic nitrogens is 1. The van der Waals surface area contributed by atoms with Gasteiger partial charge < -0.3 is 4.74 Å². The van der Waals surface area contributed by atoms with E-state index in [0.717, 1.165) is 20.8 Å². The van der Waals surface area contributed by atoms with Gasteiger partial charge in [-0.1, -0.05) is 41.5 Å². The Bertz CT molecular complexity index is 620. The summed E-state index contributed by atoms with van der Waals surface area (Å²) in [5.74, 6) is 0.543. The highest BCUT2D eigenvalue weighted by molar-refractivity contribution is 7.18. The number of benzene rings is 1. The van der Waals surface area contributed by atoms with Crippen LogP contribution in [0, 0.1) is 0 Å². The highest BCUT2D eigenvalue weighted by Crippen LogP contribution is 2.38. The molecule has 2 aromatic rings. The molecule has 1 aromatic carbocycles. The molecular formula is C16H22FNOS. The number of hydrogen-bond donors (Lipinski definition) is 0. The number of halogens is 1. The lowest BCUT2D eigenvalue weighted by molar-refractivity contribution is 0.193. The molecular weight excluding hydrogens is 273 g/mol. The SMILES string of the molecule is CC(C)(C)c1cc(OCF)c2nc(C(C)(C)C)sc2c1. The molecule has 1 aromatic heterocycles. The number of hydrogen-bond acceptors (Lipinski definition) is 3. The largest absolute Gasteiger partial charge is 0.461 e. The van der Waals surface area contributed by atoms with Crippen molar-refractivity contribution in [2.75, 3.05) is 6.86 Å². The van der Waals surface area contributed by atoms with E-state index in [-0.39, 0.29) is 10.8 Å². The van der Waals surface area contributed by atoms with Gasteiger partial charge in [-0.3, -0.25) is 0 Å². The average Bonchev–Trinajstić information content (AvgIpc) is 2.71. The maximum Gasteiger partial charge on any atom is 0.228 e. The summed E-state index contributed by atoms with van der Waals surface area (Å²) >= 11 is 1.66. The molecule has 2 rings (SSSR count). The van der Waals surface area contributed by atoms with Crippen LogP contribution >= 0.6 is 11.3 Å². The number of nitrogens with zero attached hydrogens (tertiary/aromatic N) is 1. The third-order valence-corrected chi connectivity index (χ3v) is 4.61. The van der Waals surface area contributed by atoms with E-state index in [0.29, 0.717) is 5.75 Å². The lowest BCUT2D eigenvalue weighted by Gasteiger charge is -2.19. The van der Waals surface area contributed by atoms with Crippen LogP contribution in [0.4, 0.5) is 4.39 Å². The maximum absolute atomic E-state index is 12.6. The fourth-order valence-corrected chi connectivity index (χ4v) is 3.00. The Labute approximate surface area is 124 Å². The summed E-state index contributed by atoms with van der Waals surface area (Å²) in [5, 5.41) is 1.04. The molecule has 110 valence electrons. The molecule has 0 saturated carbocycles. The van der Waals surface area contributed by atoms with Gasteiger partial charge in [-0.25, -0.2) is 9.37 Å². The smallest absolute Gasteiger partial charge is 0.228 e. The highest BCUT2D eigenvalue weighted by atomic mass is 32.1. The van der Waals surface area contributed by atoms with Crippen molar-refractivity contribution in [3.63, 3.8) is 0 Å². The van der Waals surface area contributed by atoms with Gasteiger partial charge in [0.2, 0.25) is 6.86 Å². The number of thiazole rings is 1. The van der Waals surface area contributed by atoms with Crippen LogP contribution in [0.5, 0.6) is 5.75 Å². The quantitative estimate of drug-likeness (QED) is 0.760. The summed E-state index contributed by atoms with van der Waals surface area (Å²) in [4.78, 5) is 4.65. The maximum atomic E-state index is 12.6. The van der Waals surface area contributed by atoms with Gasteiger partial charge in [0, 0.05) is 5.41 Å². The molecule has 2 nitrogen and oxygen atoms in total. The summed E-state index contributed by atoms with van der Waals surface area (Å²) in [6, 6.07) is 4.06. The summed E-state index contributed by atoms with van der Waals surface area (Å²) in [5.41, 5.74) is 1.88. The first-order valence-corrected chi connectivity index (χ1v) is 7.59. The van der Waals surface area contributed by atoms with Crippen LogP contribution in [0.3, 0.4) is 0 Å².